The summed E-state index contributed by atoms with van der Waals surface area (Å²) in [6, 6.07) is 7.50. The molecule has 2 aromatic rings. The van der Waals surface area contributed by atoms with Gasteiger partial charge in [-0.25, -0.2) is 0 Å². The van der Waals surface area contributed by atoms with Crippen LogP contribution in [-0.4, -0.2) is 35.9 Å². The largest absolute Gasteiger partial charge is 0.383 e. The Morgan fingerprint density at radius 3 is 3.06 bits per heavy atom. The highest BCUT2D eigenvalue weighted by Gasteiger charge is 2.15. The third-order valence-corrected chi connectivity index (χ3v) is 2.48. The molecule has 0 bridgehead atoms. The van der Waals surface area contributed by atoms with E-state index in [-0.39, 0.29) is 11.9 Å². The molecule has 1 aromatic heterocycles. The van der Waals surface area contributed by atoms with Crippen LogP contribution in [0.3, 0.4) is 0 Å². The van der Waals surface area contributed by atoms with Crippen LogP contribution in [0.15, 0.2) is 24.3 Å². The van der Waals surface area contributed by atoms with Crippen LogP contribution in [0.25, 0.3) is 10.9 Å². The number of rotatable bonds is 4. The Kier molecular flexibility index (Phi) is 3.39. The van der Waals surface area contributed by atoms with Crippen LogP contribution in [0.2, 0.25) is 0 Å². The van der Waals surface area contributed by atoms with Gasteiger partial charge in [-0.1, -0.05) is 18.2 Å². The number of methoxy groups -OCH3 is 1. The molecule has 0 aliphatic carbocycles. The maximum atomic E-state index is 12.0. The topological polar surface area (TPSA) is 67.0 Å². The number of carbonyl (C=O) groups is 1. The molecule has 1 atom stereocenters. The van der Waals surface area contributed by atoms with Gasteiger partial charge in [-0.05, 0) is 13.0 Å². The molecule has 1 unspecified atom stereocenters. The number of nitrogens with one attached hydrogen (secondary N) is 2. The summed E-state index contributed by atoms with van der Waals surface area (Å²) in [4.78, 5) is 12.0. The average Bonchev–Trinajstić information content (AvgIpc) is 2.72. The molecule has 5 heteroatoms. The number of amides is 1. The minimum absolute atomic E-state index is 0.0389. The smallest absolute Gasteiger partial charge is 0.272 e. The van der Waals surface area contributed by atoms with Gasteiger partial charge in [0.25, 0.3) is 5.91 Å². The maximum Gasteiger partial charge on any atom is 0.272 e. The first kappa shape index (κ1) is 11.6. The van der Waals surface area contributed by atoms with Gasteiger partial charge in [0.05, 0.1) is 12.1 Å². The van der Waals surface area contributed by atoms with E-state index >= 15 is 0 Å². The van der Waals surface area contributed by atoms with E-state index in [2.05, 4.69) is 15.5 Å². The number of aromatic nitrogens is 2. The second-order valence-corrected chi connectivity index (χ2v) is 3.95. The molecular formula is C12H15N3O2. The Balaban J connectivity index is 2.19. The fraction of sp³-hybridized carbons (Fsp3) is 0.333. The van der Waals surface area contributed by atoms with E-state index in [0.717, 1.165) is 10.9 Å². The van der Waals surface area contributed by atoms with Crippen molar-refractivity contribution < 1.29 is 9.53 Å². The summed E-state index contributed by atoms with van der Waals surface area (Å²) in [6.45, 7) is 2.37. The lowest BCUT2D eigenvalue weighted by Gasteiger charge is -2.11. The summed E-state index contributed by atoms with van der Waals surface area (Å²) in [6.07, 6.45) is 0. The van der Waals surface area contributed by atoms with Crippen LogP contribution in [0.1, 0.15) is 17.4 Å². The predicted molar refractivity (Wildman–Crippen MR) is 64.9 cm³/mol. The van der Waals surface area contributed by atoms with Crippen molar-refractivity contribution in [1.82, 2.24) is 15.5 Å². The number of nitrogens with zero attached hydrogens (tertiary/aromatic N) is 1. The van der Waals surface area contributed by atoms with Crippen molar-refractivity contribution in [2.45, 2.75) is 13.0 Å². The Morgan fingerprint density at radius 2 is 2.29 bits per heavy atom. The van der Waals surface area contributed by atoms with E-state index in [1.54, 1.807) is 7.11 Å². The highest BCUT2D eigenvalue weighted by atomic mass is 16.5. The van der Waals surface area contributed by atoms with Crippen molar-refractivity contribution in [1.29, 1.82) is 0 Å². The highest BCUT2D eigenvalue weighted by Crippen LogP contribution is 2.14. The van der Waals surface area contributed by atoms with Gasteiger partial charge in [-0.15, -0.1) is 0 Å². The van der Waals surface area contributed by atoms with E-state index < -0.39 is 0 Å². The monoisotopic (exact) mass is 233 g/mol. The van der Waals surface area contributed by atoms with Crippen LogP contribution in [0.4, 0.5) is 0 Å². The summed E-state index contributed by atoms with van der Waals surface area (Å²) < 4.78 is 4.97. The van der Waals surface area contributed by atoms with E-state index in [0.29, 0.717) is 12.3 Å². The number of hydrogen-bond donors (Lipinski definition) is 2. The lowest BCUT2D eigenvalue weighted by molar-refractivity contribution is 0.0902. The summed E-state index contributed by atoms with van der Waals surface area (Å²) >= 11 is 0. The molecule has 5 nitrogen and oxygen atoms in total. The molecule has 2 rings (SSSR count). The molecule has 0 aliphatic rings. The molecule has 0 radical (unpaired) electrons. The van der Waals surface area contributed by atoms with E-state index in [4.69, 9.17) is 4.74 Å². The molecule has 1 amide bonds. The number of carbonyl (C=O) groups excluding carboxylic acids is 1. The van der Waals surface area contributed by atoms with Crippen LogP contribution in [-0.2, 0) is 4.74 Å². The van der Waals surface area contributed by atoms with Gasteiger partial charge in [-0.3, -0.25) is 9.89 Å². The molecule has 0 saturated heterocycles. The van der Waals surface area contributed by atoms with Gasteiger partial charge in [-0.2, -0.15) is 5.10 Å². The molecule has 1 heterocycles. The summed E-state index contributed by atoms with van der Waals surface area (Å²) in [5.41, 5.74) is 1.28. The number of H-pyrrole nitrogens is 1. The Bertz CT molecular complexity index is 521. The fourth-order valence-electron chi connectivity index (χ4n) is 1.72. The van der Waals surface area contributed by atoms with Crippen LogP contribution in [0.5, 0.6) is 0 Å². The number of ether oxygens (including phenoxy) is 1. The number of aromatic amines is 1. The molecule has 0 saturated carbocycles. The number of hydrogen-bond acceptors (Lipinski definition) is 3. The van der Waals surface area contributed by atoms with Crippen molar-refractivity contribution in [3.63, 3.8) is 0 Å². The van der Waals surface area contributed by atoms with Crippen molar-refractivity contribution in [3.05, 3.63) is 30.0 Å². The van der Waals surface area contributed by atoms with E-state index in [1.165, 1.54) is 0 Å². The van der Waals surface area contributed by atoms with E-state index in [9.17, 15) is 4.79 Å². The van der Waals surface area contributed by atoms with Gasteiger partial charge in [0, 0.05) is 18.5 Å². The molecular weight excluding hydrogens is 218 g/mol. The summed E-state index contributed by atoms with van der Waals surface area (Å²) in [5.74, 6) is -0.188. The zero-order valence-electron chi connectivity index (χ0n) is 9.86. The van der Waals surface area contributed by atoms with Crippen molar-refractivity contribution in [2.75, 3.05) is 13.7 Å². The maximum absolute atomic E-state index is 12.0. The van der Waals surface area contributed by atoms with Gasteiger partial charge >= 0.3 is 0 Å². The van der Waals surface area contributed by atoms with Crippen LogP contribution in [0, 0.1) is 0 Å². The molecule has 90 valence electrons. The van der Waals surface area contributed by atoms with Crippen LogP contribution >= 0.6 is 0 Å². The molecule has 17 heavy (non-hydrogen) atoms. The van der Waals surface area contributed by atoms with Crippen LogP contribution < -0.4 is 5.32 Å². The Hall–Kier alpha value is -1.88. The zero-order chi connectivity index (χ0) is 12.3. The minimum atomic E-state index is -0.188. The molecule has 2 N–H and O–H groups in total. The second kappa shape index (κ2) is 4.97. The number of para-hydroxylation sites is 1. The fourth-order valence-corrected chi connectivity index (χ4v) is 1.72. The zero-order valence-corrected chi connectivity index (χ0v) is 9.86. The van der Waals surface area contributed by atoms with Gasteiger partial charge in [0.1, 0.15) is 0 Å². The average molecular weight is 233 g/mol. The Morgan fingerprint density at radius 1 is 1.53 bits per heavy atom. The van der Waals surface area contributed by atoms with Gasteiger partial charge < -0.3 is 10.1 Å². The third-order valence-electron chi connectivity index (χ3n) is 2.48. The van der Waals surface area contributed by atoms with Crippen molar-refractivity contribution in [2.24, 2.45) is 0 Å². The number of fused-ring (bicyclic) bond motifs is 1. The summed E-state index contributed by atoms with van der Waals surface area (Å²) in [5, 5.41) is 10.5. The summed E-state index contributed by atoms with van der Waals surface area (Å²) in [7, 11) is 1.60. The standard InChI is InChI=1S/C12H15N3O2/c1-8(7-17-2)13-12(16)11-9-5-3-4-6-10(9)14-15-11/h3-6,8H,7H2,1-2H3,(H,13,16)(H,14,15). The van der Waals surface area contributed by atoms with Crippen molar-refractivity contribution >= 4 is 16.8 Å². The predicted octanol–water partition coefficient (Wildman–Crippen LogP) is 1.33. The second-order valence-electron chi connectivity index (χ2n) is 3.95. The van der Waals surface area contributed by atoms with Gasteiger partial charge in [0.15, 0.2) is 5.69 Å². The molecule has 0 spiro atoms. The third kappa shape index (κ3) is 2.45. The number of benzene rings is 1. The molecule has 0 fully saturated rings. The lowest BCUT2D eigenvalue weighted by atomic mass is 10.2. The SMILES string of the molecule is COCC(C)NC(=O)c1n[nH]c2ccccc12. The normalized spacial score (nSPS) is 12.6. The Labute approximate surface area is 99.2 Å². The lowest BCUT2D eigenvalue weighted by Crippen LogP contribution is -2.35. The van der Waals surface area contributed by atoms with Crippen molar-refractivity contribution in [3.8, 4) is 0 Å². The quantitative estimate of drug-likeness (QED) is 0.837. The van der Waals surface area contributed by atoms with Gasteiger partial charge in [0.2, 0.25) is 0 Å². The first-order valence-corrected chi connectivity index (χ1v) is 5.45. The highest BCUT2D eigenvalue weighted by molar-refractivity contribution is 6.04. The molecule has 1 aromatic carbocycles. The van der Waals surface area contributed by atoms with E-state index in [1.807, 2.05) is 31.2 Å². The first-order valence-electron chi connectivity index (χ1n) is 5.45. The molecule has 0 aliphatic heterocycles. The minimum Gasteiger partial charge on any atom is -0.383 e. The first-order chi connectivity index (χ1) is 8.22.